The fourth-order valence-electron chi connectivity index (χ4n) is 2.48. The number of nitrogens with one attached hydrogen (secondary N) is 1. The van der Waals surface area contributed by atoms with E-state index in [4.69, 9.17) is 5.73 Å². The number of carbonyl (C=O) groups excluding carboxylic acids is 2. The van der Waals surface area contributed by atoms with Gasteiger partial charge in [0.25, 0.3) is 5.91 Å². The molecular formula is C20H19N3O2S3. The predicted octanol–water partition coefficient (Wildman–Crippen LogP) is 4.75. The van der Waals surface area contributed by atoms with Crippen LogP contribution in [0.15, 0.2) is 63.8 Å². The first-order valence-electron chi connectivity index (χ1n) is 8.59. The standard InChI is InChI=1S/C20H19N3O2S3/c1-2-26-15-11-7-6-10-14(15)18(25)23-19-17(13-8-4-3-5-9-13)22-20(28-19)27-12-16(21)24/h3-11H,2,12H2,1H3,(H2,21,24)(H,23,25). The van der Waals surface area contributed by atoms with Crippen molar-refractivity contribution in [2.75, 3.05) is 16.8 Å². The molecule has 2 aromatic carbocycles. The van der Waals surface area contributed by atoms with Gasteiger partial charge in [0.05, 0.1) is 11.3 Å². The Morgan fingerprint density at radius 2 is 1.79 bits per heavy atom. The Labute approximate surface area is 176 Å². The van der Waals surface area contributed by atoms with Crippen molar-refractivity contribution in [3.8, 4) is 11.3 Å². The maximum Gasteiger partial charge on any atom is 0.257 e. The molecule has 0 atom stereocenters. The van der Waals surface area contributed by atoms with Crippen molar-refractivity contribution in [2.45, 2.75) is 16.2 Å². The average Bonchev–Trinajstić information content (AvgIpc) is 3.10. The molecule has 0 aliphatic carbocycles. The van der Waals surface area contributed by atoms with Crippen molar-refractivity contribution >= 4 is 51.7 Å². The number of hydrogen-bond acceptors (Lipinski definition) is 6. The molecule has 3 N–H and O–H groups in total. The number of nitrogens with two attached hydrogens (primary N) is 1. The summed E-state index contributed by atoms with van der Waals surface area (Å²) in [6, 6.07) is 17.2. The predicted molar refractivity (Wildman–Crippen MR) is 118 cm³/mol. The van der Waals surface area contributed by atoms with Gasteiger partial charge in [0.2, 0.25) is 5.91 Å². The summed E-state index contributed by atoms with van der Waals surface area (Å²) < 4.78 is 0.684. The van der Waals surface area contributed by atoms with Crippen molar-refractivity contribution in [3.63, 3.8) is 0 Å². The van der Waals surface area contributed by atoms with Crippen LogP contribution >= 0.6 is 34.9 Å². The van der Waals surface area contributed by atoms with Crippen LogP contribution in [0.1, 0.15) is 17.3 Å². The fraction of sp³-hybridized carbons (Fsp3) is 0.150. The number of aromatic nitrogens is 1. The molecular weight excluding hydrogens is 410 g/mol. The smallest absolute Gasteiger partial charge is 0.257 e. The molecule has 5 nitrogen and oxygen atoms in total. The van der Waals surface area contributed by atoms with Crippen molar-refractivity contribution in [1.82, 2.24) is 4.98 Å². The first kappa shape index (κ1) is 20.4. The molecule has 8 heteroatoms. The van der Waals surface area contributed by atoms with E-state index in [1.807, 2.05) is 54.6 Å². The highest BCUT2D eigenvalue weighted by Gasteiger charge is 2.18. The van der Waals surface area contributed by atoms with Gasteiger partial charge in [-0.05, 0) is 17.9 Å². The molecule has 0 aliphatic heterocycles. The number of rotatable bonds is 8. The lowest BCUT2D eigenvalue weighted by molar-refractivity contribution is -0.115. The third-order valence-corrected chi connectivity index (χ3v) is 6.74. The number of amides is 2. The van der Waals surface area contributed by atoms with Gasteiger partial charge >= 0.3 is 0 Å². The van der Waals surface area contributed by atoms with Gasteiger partial charge in [-0.2, -0.15) is 0 Å². The van der Waals surface area contributed by atoms with E-state index in [0.29, 0.717) is 20.6 Å². The van der Waals surface area contributed by atoms with Crippen LogP contribution in [0.4, 0.5) is 5.00 Å². The Bertz CT molecular complexity index is 974. The van der Waals surface area contributed by atoms with Gasteiger partial charge in [0.15, 0.2) is 4.34 Å². The van der Waals surface area contributed by atoms with Crippen LogP contribution in [0.25, 0.3) is 11.3 Å². The topological polar surface area (TPSA) is 85.1 Å². The Hall–Kier alpha value is -2.29. The van der Waals surface area contributed by atoms with Gasteiger partial charge in [-0.1, -0.05) is 72.5 Å². The molecule has 1 aromatic heterocycles. The van der Waals surface area contributed by atoms with E-state index in [2.05, 4.69) is 17.2 Å². The number of thiazole rings is 1. The van der Waals surface area contributed by atoms with Gasteiger partial charge in [0, 0.05) is 10.5 Å². The maximum atomic E-state index is 12.9. The Balaban J connectivity index is 1.92. The SMILES string of the molecule is CCSc1ccccc1C(=O)Nc1sc(SCC(N)=O)nc1-c1ccccc1. The number of anilines is 1. The summed E-state index contributed by atoms with van der Waals surface area (Å²) in [5.74, 6) is 0.445. The van der Waals surface area contributed by atoms with E-state index in [0.717, 1.165) is 16.2 Å². The average molecular weight is 430 g/mol. The second kappa shape index (κ2) is 9.77. The Morgan fingerprint density at radius 1 is 1.07 bits per heavy atom. The Morgan fingerprint density at radius 3 is 2.50 bits per heavy atom. The second-order valence-electron chi connectivity index (χ2n) is 5.66. The van der Waals surface area contributed by atoms with Crippen LogP contribution in [0.3, 0.4) is 0 Å². The van der Waals surface area contributed by atoms with Gasteiger partial charge in [-0.3, -0.25) is 9.59 Å². The molecule has 144 valence electrons. The van der Waals surface area contributed by atoms with E-state index in [-0.39, 0.29) is 11.7 Å². The van der Waals surface area contributed by atoms with Crippen molar-refractivity contribution in [2.24, 2.45) is 5.73 Å². The molecule has 1 heterocycles. The molecule has 0 saturated heterocycles. The number of nitrogens with zero attached hydrogens (tertiary/aromatic N) is 1. The van der Waals surface area contributed by atoms with Crippen molar-refractivity contribution in [3.05, 3.63) is 60.2 Å². The molecule has 0 spiro atoms. The molecule has 0 fully saturated rings. The first-order valence-corrected chi connectivity index (χ1v) is 11.4. The molecule has 0 radical (unpaired) electrons. The van der Waals surface area contributed by atoms with Gasteiger partial charge < -0.3 is 11.1 Å². The number of benzene rings is 2. The largest absolute Gasteiger partial charge is 0.369 e. The van der Waals surface area contributed by atoms with E-state index in [1.54, 1.807) is 11.8 Å². The lowest BCUT2D eigenvalue weighted by Crippen LogP contribution is -2.12. The minimum Gasteiger partial charge on any atom is -0.369 e. The summed E-state index contributed by atoms with van der Waals surface area (Å²) in [6.45, 7) is 2.05. The summed E-state index contributed by atoms with van der Waals surface area (Å²) in [4.78, 5) is 29.6. The minimum absolute atomic E-state index is 0.144. The van der Waals surface area contributed by atoms with Crippen LogP contribution in [0.2, 0.25) is 0 Å². The van der Waals surface area contributed by atoms with E-state index < -0.39 is 5.91 Å². The van der Waals surface area contributed by atoms with Crippen LogP contribution in [-0.4, -0.2) is 28.3 Å². The van der Waals surface area contributed by atoms with Gasteiger partial charge in [0.1, 0.15) is 10.7 Å². The van der Waals surface area contributed by atoms with E-state index >= 15 is 0 Å². The molecule has 28 heavy (non-hydrogen) atoms. The molecule has 0 saturated carbocycles. The summed E-state index contributed by atoms with van der Waals surface area (Å²) in [6.07, 6.45) is 0. The number of thioether (sulfide) groups is 2. The number of primary amides is 1. The quantitative estimate of drug-likeness (QED) is 0.505. The summed E-state index contributed by atoms with van der Waals surface area (Å²) >= 11 is 4.24. The summed E-state index contributed by atoms with van der Waals surface area (Å²) in [5, 5.41) is 3.66. The summed E-state index contributed by atoms with van der Waals surface area (Å²) in [5.41, 5.74) is 7.46. The Kier molecular flexibility index (Phi) is 7.13. The minimum atomic E-state index is -0.405. The molecule has 0 unspecified atom stereocenters. The van der Waals surface area contributed by atoms with E-state index in [1.165, 1.54) is 23.1 Å². The van der Waals surface area contributed by atoms with Crippen LogP contribution in [0, 0.1) is 0 Å². The van der Waals surface area contributed by atoms with E-state index in [9.17, 15) is 9.59 Å². The molecule has 3 aromatic rings. The highest BCUT2D eigenvalue weighted by Crippen LogP contribution is 2.38. The second-order valence-corrected chi connectivity index (χ2v) is 9.19. The lowest BCUT2D eigenvalue weighted by atomic mass is 10.1. The monoisotopic (exact) mass is 429 g/mol. The van der Waals surface area contributed by atoms with Gasteiger partial charge in [-0.15, -0.1) is 11.8 Å². The summed E-state index contributed by atoms with van der Waals surface area (Å²) in [7, 11) is 0. The van der Waals surface area contributed by atoms with Crippen LogP contribution in [-0.2, 0) is 4.79 Å². The third kappa shape index (κ3) is 5.15. The number of hydrogen-bond donors (Lipinski definition) is 2. The molecule has 0 bridgehead atoms. The highest BCUT2D eigenvalue weighted by atomic mass is 32.2. The van der Waals surface area contributed by atoms with Crippen LogP contribution in [0.5, 0.6) is 0 Å². The van der Waals surface area contributed by atoms with Crippen LogP contribution < -0.4 is 11.1 Å². The highest BCUT2D eigenvalue weighted by molar-refractivity contribution is 8.01. The molecule has 0 aliphatic rings. The first-order chi connectivity index (χ1) is 13.6. The van der Waals surface area contributed by atoms with Crippen molar-refractivity contribution in [1.29, 1.82) is 0 Å². The lowest BCUT2D eigenvalue weighted by Gasteiger charge is -2.09. The molecule has 2 amide bonds. The third-order valence-electron chi connectivity index (χ3n) is 3.65. The zero-order chi connectivity index (χ0) is 19.9. The fourth-order valence-corrected chi connectivity index (χ4v) is 5.08. The zero-order valence-corrected chi connectivity index (χ0v) is 17.6. The van der Waals surface area contributed by atoms with Gasteiger partial charge in [-0.25, -0.2) is 4.98 Å². The zero-order valence-electron chi connectivity index (χ0n) is 15.2. The maximum absolute atomic E-state index is 12.9. The number of carbonyl (C=O) groups is 2. The normalized spacial score (nSPS) is 10.6. The van der Waals surface area contributed by atoms with Crippen molar-refractivity contribution < 1.29 is 9.59 Å². The molecule has 3 rings (SSSR count).